The third-order valence-electron chi connectivity index (χ3n) is 2.75. The van der Waals surface area contributed by atoms with Gasteiger partial charge in [-0.1, -0.05) is 0 Å². The molecule has 3 N–H and O–H groups in total. The Balaban J connectivity index is 3.05. The molecule has 0 spiro atoms. The van der Waals surface area contributed by atoms with Gasteiger partial charge >= 0.3 is 0 Å². The number of amides is 1. The number of hydrogen-bond acceptors (Lipinski definition) is 3. The fourth-order valence-corrected chi connectivity index (χ4v) is 1.78. The lowest BCUT2D eigenvalue weighted by Crippen LogP contribution is -2.25. The van der Waals surface area contributed by atoms with E-state index < -0.39 is 0 Å². The first-order valence-electron chi connectivity index (χ1n) is 6.06. The minimum absolute atomic E-state index is 0.112. The standard InChI is InChI=1S/C13H21N3O/c1-4-15-13(17)11-9-10(7-8-12(11)14)16(5-2)6-3/h7-9H,4-6,14H2,1-3H3,(H,15,17). The molecule has 1 rings (SSSR count). The van der Waals surface area contributed by atoms with Crippen LogP contribution >= 0.6 is 0 Å². The summed E-state index contributed by atoms with van der Waals surface area (Å²) in [4.78, 5) is 14.0. The summed E-state index contributed by atoms with van der Waals surface area (Å²) < 4.78 is 0. The Kier molecular flexibility index (Phi) is 4.82. The summed E-state index contributed by atoms with van der Waals surface area (Å²) in [7, 11) is 0. The second-order valence-corrected chi connectivity index (χ2v) is 3.80. The highest BCUT2D eigenvalue weighted by atomic mass is 16.1. The molecule has 0 unspecified atom stereocenters. The highest BCUT2D eigenvalue weighted by Gasteiger charge is 2.11. The van der Waals surface area contributed by atoms with E-state index in [0.717, 1.165) is 18.8 Å². The summed E-state index contributed by atoms with van der Waals surface area (Å²) >= 11 is 0. The number of hydrogen-bond donors (Lipinski definition) is 2. The summed E-state index contributed by atoms with van der Waals surface area (Å²) in [6, 6.07) is 5.59. The summed E-state index contributed by atoms with van der Waals surface area (Å²) in [6.45, 7) is 8.50. The van der Waals surface area contributed by atoms with Gasteiger partial charge in [0, 0.05) is 31.0 Å². The molecule has 4 heteroatoms. The highest BCUT2D eigenvalue weighted by Crippen LogP contribution is 2.21. The van der Waals surface area contributed by atoms with Crippen molar-refractivity contribution in [3.63, 3.8) is 0 Å². The first-order chi connectivity index (χ1) is 8.13. The third kappa shape index (κ3) is 3.12. The van der Waals surface area contributed by atoms with Gasteiger partial charge in [-0.05, 0) is 39.0 Å². The van der Waals surface area contributed by atoms with Crippen molar-refractivity contribution >= 4 is 17.3 Å². The van der Waals surface area contributed by atoms with Crippen molar-refractivity contribution in [2.24, 2.45) is 0 Å². The average Bonchev–Trinajstić information content (AvgIpc) is 2.33. The molecule has 1 aromatic rings. The second-order valence-electron chi connectivity index (χ2n) is 3.80. The number of nitrogens with one attached hydrogen (secondary N) is 1. The summed E-state index contributed by atoms with van der Waals surface area (Å²) in [5, 5.41) is 2.77. The SMILES string of the molecule is CCNC(=O)c1cc(N(CC)CC)ccc1N. The predicted molar refractivity (Wildman–Crippen MR) is 72.4 cm³/mol. The Morgan fingerprint density at radius 1 is 1.29 bits per heavy atom. The number of carbonyl (C=O) groups is 1. The maximum Gasteiger partial charge on any atom is 0.253 e. The predicted octanol–water partition coefficient (Wildman–Crippen LogP) is 1.86. The number of anilines is 2. The van der Waals surface area contributed by atoms with Gasteiger partial charge in [-0.2, -0.15) is 0 Å². The first-order valence-corrected chi connectivity index (χ1v) is 6.06. The lowest BCUT2D eigenvalue weighted by Gasteiger charge is -2.22. The Bertz CT molecular complexity index is 386. The normalized spacial score (nSPS) is 10.1. The van der Waals surface area contributed by atoms with Gasteiger partial charge in [0.25, 0.3) is 5.91 Å². The third-order valence-corrected chi connectivity index (χ3v) is 2.75. The van der Waals surface area contributed by atoms with Crippen molar-refractivity contribution in [1.29, 1.82) is 0 Å². The summed E-state index contributed by atoms with van der Waals surface area (Å²) in [6.07, 6.45) is 0. The fraction of sp³-hybridized carbons (Fsp3) is 0.462. The molecule has 0 atom stereocenters. The molecule has 0 saturated heterocycles. The lowest BCUT2D eigenvalue weighted by molar-refractivity contribution is 0.0956. The van der Waals surface area contributed by atoms with Crippen LogP contribution < -0.4 is 16.0 Å². The molecule has 4 nitrogen and oxygen atoms in total. The molecule has 0 radical (unpaired) electrons. The smallest absolute Gasteiger partial charge is 0.253 e. The number of nitrogens with two attached hydrogens (primary N) is 1. The molecule has 0 heterocycles. The van der Waals surface area contributed by atoms with Crippen LogP contribution in [0.3, 0.4) is 0 Å². The molecule has 1 amide bonds. The van der Waals surface area contributed by atoms with Crippen LogP contribution in [0.1, 0.15) is 31.1 Å². The van der Waals surface area contributed by atoms with Crippen molar-refractivity contribution in [3.05, 3.63) is 23.8 Å². The lowest BCUT2D eigenvalue weighted by atomic mass is 10.1. The molecule has 0 aromatic heterocycles. The minimum Gasteiger partial charge on any atom is -0.398 e. The van der Waals surface area contributed by atoms with E-state index in [0.29, 0.717) is 17.8 Å². The van der Waals surface area contributed by atoms with Crippen molar-refractivity contribution in [2.45, 2.75) is 20.8 Å². The highest BCUT2D eigenvalue weighted by molar-refractivity contribution is 6.00. The van der Waals surface area contributed by atoms with E-state index in [9.17, 15) is 4.79 Å². The van der Waals surface area contributed by atoms with Crippen LogP contribution in [0.15, 0.2) is 18.2 Å². The van der Waals surface area contributed by atoms with E-state index in [4.69, 9.17) is 5.73 Å². The number of nitrogens with zero attached hydrogens (tertiary/aromatic N) is 1. The average molecular weight is 235 g/mol. The largest absolute Gasteiger partial charge is 0.398 e. The van der Waals surface area contributed by atoms with Crippen LogP contribution in [0.4, 0.5) is 11.4 Å². The van der Waals surface area contributed by atoms with Gasteiger partial charge in [-0.3, -0.25) is 4.79 Å². The summed E-state index contributed by atoms with van der Waals surface area (Å²) in [5.41, 5.74) is 7.93. The molecule has 0 aliphatic heterocycles. The zero-order valence-corrected chi connectivity index (χ0v) is 10.8. The van der Waals surface area contributed by atoms with Gasteiger partial charge in [0.15, 0.2) is 0 Å². The zero-order valence-electron chi connectivity index (χ0n) is 10.8. The summed E-state index contributed by atoms with van der Waals surface area (Å²) in [5.74, 6) is -0.112. The van der Waals surface area contributed by atoms with Crippen LogP contribution in [0.2, 0.25) is 0 Å². The van der Waals surface area contributed by atoms with Crippen LogP contribution in [-0.4, -0.2) is 25.5 Å². The molecule has 1 aromatic carbocycles. The topological polar surface area (TPSA) is 58.4 Å². The van der Waals surface area contributed by atoms with E-state index >= 15 is 0 Å². The van der Waals surface area contributed by atoms with E-state index in [1.54, 1.807) is 6.07 Å². The maximum atomic E-state index is 11.8. The van der Waals surface area contributed by atoms with Gasteiger partial charge in [-0.15, -0.1) is 0 Å². The molecule has 0 aliphatic rings. The zero-order chi connectivity index (χ0) is 12.8. The first kappa shape index (κ1) is 13.4. The van der Waals surface area contributed by atoms with E-state index in [1.165, 1.54) is 0 Å². The van der Waals surface area contributed by atoms with Crippen LogP contribution in [0, 0.1) is 0 Å². The molecule has 94 valence electrons. The van der Waals surface area contributed by atoms with E-state index in [1.807, 2.05) is 19.1 Å². The fourth-order valence-electron chi connectivity index (χ4n) is 1.78. The Labute approximate surface area is 103 Å². The Morgan fingerprint density at radius 2 is 1.94 bits per heavy atom. The molecule has 0 saturated carbocycles. The van der Waals surface area contributed by atoms with Crippen LogP contribution in [-0.2, 0) is 0 Å². The van der Waals surface area contributed by atoms with Crippen LogP contribution in [0.5, 0.6) is 0 Å². The minimum atomic E-state index is -0.112. The maximum absolute atomic E-state index is 11.8. The van der Waals surface area contributed by atoms with Crippen molar-refractivity contribution in [1.82, 2.24) is 5.32 Å². The van der Waals surface area contributed by atoms with Gasteiger partial charge in [0.2, 0.25) is 0 Å². The molecule has 0 fully saturated rings. The Morgan fingerprint density at radius 3 is 2.47 bits per heavy atom. The second kappa shape index (κ2) is 6.13. The number of nitrogen functional groups attached to an aromatic ring is 1. The van der Waals surface area contributed by atoms with Crippen molar-refractivity contribution in [2.75, 3.05) is 30.3 Å². The number of rotatable bonds is 5. The van der Waals surface area contributed by atoms with Crippen molar-refractivity contribution in [3.8, 4) is 0 Å². The number of benzene rings is 1. The number of carbonyl (C=O) groups excluding carboxylic acids is 1. The van der Waals surface area contributed by atoms with Gasteiger partial charge < -0.3 is 16.0 Å². The molecule has 17 heavy (non-hydrogen) atoms. The van der Waals surface area contributed by atoms with E-state index in [-0.39, 0.29) is 5.91 Å². The van der Waals surface area contributed by atoms with E-state index in [2.05, 4.69) is 24.1 Å². The van der Waals surface area contributed by atoms with Gasteiger partial charge in [0.05, 0.1) is 5.56 Å². The molecule has 0 aliphatic carbocycles. The van der Waals surface area contributed by atoms with Crippen molar-refractivity contribution < 1.29 is 4.79 Å². The van der Waals surface area contributed by atoms with Crippen LogP contribution in [0.25, 0.3) is 0 Å². The monoisotopic (exact) mass is 235 g/mol. The molecule has 0 bridgehead atoms. The quantitative estimate of drug-likeness (QED) is 0.766. The molecular weight excluding hydrogens is 214 g/mol. The van der Waals surface area contributed by atoms with Gasteiger partial charge in [-0.25, -0.2) is 0 Å². The Hall–Kier alpha value is -1.71. The molecular formula is C13H21N3O. The van der Waals surface area contributed by atoms with Gasteiger partial charge in [0.1, 0.15) is 0 Å².